The predicted molar refractivity (Wildman–Crippen MR) is 92.1 cm³/mol. The third-order valence-electron chi connectivity index (χ3n) is 3.68. The average molecular weight is 392 g/mol. The summed E-state index contributed by atoms with van der Waals surface area (Å²) in [6.45, 7) is 4.91. The molecule has 0 aromatic carbocycles. The van der Waals surface area contributed by atoms with Crippen molar-refractivity contribution < 1.29 is 39.6 Å². The first kappa shape index (κ1) is 24.7. The van der Waals surface area contributed by atoms with Crippen molar-refractivity contribution in [1.82, 2.24) is 16.0 Å². The van der Waals surface area contributed by atoms with E-state index in [4.69, 9.17) is 10.8 Å². The highest BCUT2D eigenvalue weighted by Gasteiger charge is 2.32. The standard InChI is InChI=1S/C15H28N4O8/c1-5(12(23)19-11(8(4)22)15(26)27)17-14(25)10(7(3)21)18-13(24)9(16)6(2)20/h5-11,20-22H,16H2,1-4H3,(H,17,25)(H,18,24)(H,19,23)(H,26,27). The van der Waals surface area contributed by atoms with E-state index in [1.165, 1.54) is 27.7 Å². The van der Waals surface area contributed by atoms with Crippen molar-refractivity contribution in [2.45, 2.75) is 70.2 Å². The number of rotatable bonds is 10. The molecule has 12 heteroatoms. The zero-order chi connectivity index (χ0) is 21.5. The molecule has 27 heavy (non-hydrogen) atoms. The molecule has 0 spiro atoms. The molecule has 3 amide bonds. The van der Waals surface area contributed by atoms with Crippen molar-refractivity contribution in [1.29, 1.82) is 0 Å². The largest absolute Gasteiger partial charge is 0.480 e. The third kappa shape index (κ3) is 7.86. The first-order chi connectivity index (χ1) is 12.3. The lowest BCUT2D eigenvalue weighted by Crippen LogP contribution is -2.60. The van der Waals surface area contributed by atoms with Crippen LogP contribution in [0.4, 0.5) is 0 Å². The molecule has 0 saturated heterocycles. The average Bonchev–Trinajstić information content (AvgIpc) is 2.54. The Bertz CT molecular complexity index is 552. The van der Waals surface area contributed by atoms with E-state index in [9.17, 15) is 34.5 Å². The van der Waals surface area contributed by atoms with Crippen molar-refractivity contribution >= 4 is 23.7 Å². The number of nitrogens with two attached hydrogens (primary N) is 1. The van der Waals surface area contributed by atoms with Gasteiger partial charge in [0, 0.05) is 0 Å². The number of carbonyl (C=O) groups is 4. The molecule has 0 rings (SSSR count). The van der Waals surface area contributed by atoms with Crippen LogP contribution in [0.5, 0.6) is 0 Å². The predicted octanol–water partition coefficient (Wildman–Crippen LogP) is -3.98. The molecule has 0 aromatic rings. The molecule has 9 N–H and O–H groups in total. The van der Waals surface area contributed by atoms with Gasteiger partial charge in [-0.05, 0) is 27.7 Å². The van der Waals surface area contributed by atoms with Gasteiger partial charge < -0.3 is 42.1 Å². The van der Waals surface area contributed by atoms with Crippen LogP contribution in [0.2, 0.25) is 0 Å². The van der Waals surface area contributed by atoms with E-state index in [1.54, 1.807) is 0 Å². The van der Waals surface area contributed by atoms with Crippen LogP contribution in [0.1, 0.15) is 27.7 Å². The minimum atomic E-state index is -1.58. The van der Waals surface area contributed by atoms with Crippen LogP contribution >= 0.6 is 0 Å². The number of aliphatic carboxylic acids is 1. The second-order valence-electron chi connectivity index (χ2n) is 6.29. The number of carbonyl (C=O) groups excluding carboxylic acids is 3. The first-order valence-corrected chi connectivity index (χ1v) is 8.23. The van der Waals surface area contributed by atoms with E-state index in [0.717, 1.165) is 0 Å². The number of amides is 3. The number of aliphatic hydroxyl groups is 3. The van der Waals surface area contributed by atoms with Gasteiger partial charge in [-0.15, -0.1) is 0 Å². The van der Waals surface area contributed by atoms with Crippen molar-refractivity contribution in [3.05, 3.63) is 0 Å². The second-order valence-corrected chi connectivity index (χ2v) is 6.29. The molecular formula is C15H28N4O8. The van der Waals surface area contributed by atoms with Gasteiger partial charge in [0.1, 0.15) is 18.1 Å². The molecule has 7 atom stereocenters. The summed E-state index contributed by atoms with van der Waals surface area (Å²) in [6, 6.07) is -5.61. The van der Waals surface area contributed by atoms with Gasteiger partial charge in [0.25, 0.3) is 0 Å². The Hall–Kier alpha value is -2.28. The van der Waals surface area contributed by atoms with Crippen molar-refractivity contribution in [2.75, 3.05) is 0 Å². The Morgan fingerprint density at radius 2 is 1.15 bits per heavy atom. The topological polar surface area (TPSA) is 211 Å². The van der Waals surface area contributed by atoms with Crippen LogP contribution in [0.3, 0.4) is 0 Å². The molecule has 0 aromatic heterocycles. The molecule has 7 unspecified atom stereocenters. The van der Waals surface area contributed by atoms with Crippen LogP contribution in [0.15, 0.2) is 0 Å². The molecule has 0 fully saturated rings. The van der Waals surface area contributed by atoms with Crippen molar-refractivity contribution in [3.8, 4) is 0 Å². The fraction of sp³-hybridized carbons (Fsp3) is 0.733. The zero-order valence-corrected chi connectivity index (χ0v) is 15.5. The van der Waals surface area contributed by atoms with Gasteiger partial charge in [0.05, 0.1) is 18.3 Å². The lowest BCUT2D eigenvalue weighted by atomic mass is 10.1. The Balaban J connectivity index is 5.00. The Kier molecular flexibility index (Phi) is 9.86. The maximum absolute atomic E-state index is 12.2. The number of hydrogen-bond acceptors (Lipinski definition) is 8. The second kappa shape index (κ2) is 10.8. The SMILES string of the molecule is CC(NC(=O)C(NC(=O)C(N)C(C)O)C(C)O)C(=O)NC(C(=O)O)C(C)O. The summed E-state index contributed by atoms with van der Waals surface area (Å²) in [5.41, 5.74) is 5.45. The lowest BCUT2D eigenvalue weighted by molar-refractivity contribution is -0.145. The van der Waals surface area contributed by atoms with Crippen molar-refractivity contribution in [3.63, 3.8) is 0 Å². The van der Waals surface area contributed by atoms with Crippen LogP contribution in [0.25, 0.3) is 0 Å². The highest BCUT2D eigenvalue weighted by molar-refractivity contribution is 5.94. The third-order valence-corrected chi connectivity index (χ3v) is 3.68. The molecule has 0 aliphatic carbocycles. The molecule has 12 nitrogen and oxygen atoms in total. The summed E-state index contributed by atoms with van der Waals surface area (Å²) in [5, 5.41) is 43.7. The summed E-state index contributed by atoms with van der Waals surface area (Å²) < 4.78 is 0. The lowest BCUT2D eigenvalue weighted by Gasteiger charge is -2.25. The molecule has 156 valence electrons. The van der Waals surface area contributed by atoms with E-state index in [-0.39, 0.29) is 0 Å². The van der Waals surface area contributed by atoms with E-state index in [2.05, 4.69) is 16.0 Å². The summed E-state index contributed by atoms with van der Waals surface area (Å²) in [4.78, 5) is 47.1. The fourth-order valence-corrected chi connectivity index (χ4v) is 1.91. The zero-order valence-electron chi connectivity index (χ0n) is 15.5. The van der Waals surface area contributed by atoms with Gasteiger partial charge in [-0.2, -0.15) is 0 Å². The molecule has 0 heterocycles. The smallest absolute Gasteiger partial charge is 0.328 e. The minimum absolute atomic E-state index is 0.886. The van der Waals surface area contributed by atoms with Gasteiger partial charge in [-0.25, -0.2) is 4.79 Å². The minimum Gasteiger partial charge on any atom is -0.480 e. The summed E-state index contributed by atoms with van der Waals surface area (Å²) in [5.74, 6) is -4.17. The molecular weight excluding hydrogens is 364 g/mol. The molecule has 0 saturated carbocycles. The normalized spacial score (nSPS) is 18.8. The van der Waals surface area contributed by atoms with Gasteiger partial charge >= 0.3 is 5.97 Å². The monoisotopic (exact) mass is 392 g/mol. The van der Waals surface area contributed by atoms with Gasteiger partial charge in [-0.3, -0.25) is 14.4 Å². The molecule has 0 bridgehead atoms. The number of carboxylic acid groups (broad SMARTS) is 1. The maximum atomic E-state index is 12.2. The quantitative estimate of drug-likeness (QED) is 0.182. The first-order valence-electron chi connectivity index (χ1n) is 8.23. The van der Waals surface area contributed by atoms with Gasteiger partial charge in [-0.1, -0.05) is 0 Å². The Morgan fingerprint density at radius 3 is 1.52 bits per heavy atom. The Labute approximate surface area is 156 Å². The molecule has 0 aliphatic rings. The van der Waals surface area contributed by atoms with Gasteiger partial charge in [0.2, 0.25) is 17.7 Å². The van der Waals surface area contributed by atoms with Crippen LogP contribution in [-0.4, -0.2) is 86.6 Å². The van der Waals surface area contributed by atoms with E-state index in [1.807, 2.05) is 0 Å². The highest BCUT2D eigenvalue weighted by atomic mass is 16.4. The summed E-state index contributed by atoms with van der Waals surface area (Å²) in [7, 11) is 0. The van der Waals surface area contributed by atoms with Crippen LogP contribution < -0.4 is 21.7 Å². The van der Waals surface area contributed by atoms with Crippen LogP contribution in [-0.2, 0) is 19.2 Å². The molecule has 0 aliphatic heterocycles. The summed E-state index contributed by atoms with van der Waals surface area (Å²) >= 11 is 0. The Morgan fingerprint density at radius 1 is 0.704 bits per heavy atom. The number of nitrogens with one attached hydrogen (secondary N) is 3. The highest BCUT2D eigenvalue weighted by Crippen LogP contribution is 1.99. The van der Waals surface area contributed by atoms with E-state index in [0.29, 0.717) is 0 Å². The van der Waals surface area contributed by atoms with Gasteiger partial charge in [0.15, 0.2) is 6.04 Å². The fourth-order valence-electron chi connectivity index (χ4n) is 1.91. The van der Waals surface area contributed by atoms with Crippen LogP contribution in [0, 0.1) is 0 Å². The number of hydrogen-bond donors (Lipinski definition) is 8. The van der Waals surface area contributed by atoms with E-state index < -0.39 is 66.2 Å². The van der Waals surface area contributed by atoms with E-state index >= 15 is 0 Å². The molecule has 0 radical (unpaired) electrons. The number of carboxylic acids is 1. The maximum Gasteiger partial charge on any atom is 0.328 e. The summed E-state index contributed by atoms with van der Waals surface area (Å²) in [6.07, 6.45) is -3.92. The van der Waals surface area contributed by atoms with Crippen molar-refractivity contribution in [2.24, 2.45) is 5.73 Å². The number of aliphatic hydroxyl groups excluding tert-OH is 3.